The summed E-state index contributed by atoms with van der Waals surface area (Å²) in [5.74, 6) is 1.43. The molecule has 0 bridgehead atoms. The van der Waals surface area contributed by atoms with E-state index >= 15 is 0 Å². The van der Waals surface area contributed by atoms with Crippen molar-refractivity contribution in [3.63, 3.8) is 0 Å². The van der Waals surface area contributed by atoms with Gasteiger partial charge in [0.05, 0.1) is 12.6 Å². The third-order valence-corrected chi connectivity index (χ3v) is 3.90. The molecule has 0 spiro atoms. The quantitative estimate of drug-likeness (QED) is 0.707. The molecule has 2 aromatic heterocycles. The van der Waals surface area contributed by atoms with E-state index in [1.54, 1.807) is 15.7 Å². The van der Waals surface area contributed by atoms with Crippen LogP contribution in [0.4, 0.5) is 0 Å². The minimum absolute atomic E-state index is 0.413. The van der Waals surface area contributed by atoms with Crippen molar-refractivity contribution in [3.05, 3.63) is 59.2 Å². The van der Waals surface area contributed by atoms with Crippen LogP contribution < -0.4 is 0 Å². The molecule has 1 unspecified atom stereocenters. The molecule has 0 saturated carbocycles. The predicted octanol–water partition coefficient (Wildman–Crippen LogP) is 1.93. The second kappa shape index (κ2) is 7.55. The van der Waals surface area contributed by atoms with Crippen molar-refractivity contribution in [1.29, 1.82) is 0 Å². The Morgan fingerprint density at radius 3 is 2.92 bits per heavy atom. The number of aliphatic hydroxyl groups excluding tert-OH is 1. The highest BCUT2D eigenvalue weighted by atomic mass is 35.5. The maximum absolute atomic E-state index is 9.97. The topological polar surface area (TPSA) is 81.6 Å². The normalized spacial score (nSPS) is 12.5. The fraction of sp³-hybridized carbons (Fsp3) is 0.375. The zero-order valence-corrected chi connectivity index (χ0v) is 14.1. The van der Waals surface area contributed by atoms with E-state index in [1.807, 2.05) is 31.2 Å². The number of rotatable bonds is 7. The first-order chi connectivity index (χ1) is 11.6. The molecule has 0 amide bonds. The summed E-state index contributed by atoms with van der Waals surface area (Å²) in [6, 6.07) is 7.66. The van der Waals surface area contributed by atoms with Gasteiger partial charge in [0.25, 0.3) is 0 Å². The third kappa shape index (κ3) is 4.18. The van der Waals surface area contributed by atoms with Crippen LogP contribution in [0.1, 0.15) is 30.6 Å². The molecule has 0 aliphatic carbocycles. The summed E-state index contributed by atoms with van der Waals surface area (Å²) in [5, 5.41) is 19.3. The summed E-state index contributed by atoms with van der Waals surface area (Å²) in [4.78, 5) is 8.53. The van der Waals surface area contributed by atoms with Crippen molar-refractivity contribution in [2.75, 3.05) is 0 Å². The van der Waals surface area contributed by atoms with Crippen LogP contribution in [0.5, 0.6) is 0 Å². The first-order valence-corrected chi connectivity index (χ1v) is 8.19. The van der Waals surface area contributed by atoms with Gasteiger partial charge in [-0.3, -0.25) is 0 Å². The Bertz CT molecular complexity index is 786. The molecule has 3 aromatic rings. The standard InChI is InChI=1S/C16H19ClN6O/c1-2-14(24)8-23-16(7-12-4-3-5-13(17)6-12)20-15(21-23)9-22-11-18-10-19-22/h3-6,10-11,14,24H,2,7-9H2,1H3. The Balaban J connectivity index is 1.85. The molecular weight excluding hydrogens is 328 g/mol. The van der Waals surface area contributed by atoms with Gasteiger partial charge in [0.1, 0.15) is 25.0 Å². The van der Waals surface area contributed by atoms with Gasteiger partial charge in [-0.25, -0.2) is 19.3 Å². The minimum atomic E-state index is -0.455. The maximum Gasteiger partial charge on any atom is 0.172 e. The average molecular weight is 347 g/mol. The van der Waals surface area contributed by atoms with Gasteiger partial charge in [0.15, 0.2) is 5.82 Å². The van der Waals surface area contributed by atoms with Gasteiger partial charge in [0.2, 0.25) is 0 Å². The Labute approximate surface area is 144 Å². The molecule has 7 nitrogen and oxygen atoms in total. The van der Waals surface area contributed by atoms with Crippen molar-refractivity contribution < 1.29 is 5.11 Å². The van der Waals surface area contributed by atoms with Crippen LogP contribution in [0.25, 0.3) is 0 Å². The highest BCUT2D eigenvalue weighted by Gasteiger charge is 2.14. The Hall–Kier alpha value is -2.25. The predicted molar refractivity (Wildman–Crippen MR) is 89.7 cm³/mol. The van der Waals surface area contributed by atoms with Crippen molar-refractivity contribution in [3.8, 4) is 0 Å². The van der Waals surface area contributed by atoms with Crippen LogP contribution in [-0.4, -0.2) is 40.7 Å². The molecule has 1 N–H and O–H groups in total. The molecular formula is C16H19ClN6O. The summed E-state index contributed by atoms with van der Waals surface area (Å²) in [6.07, 6.45) is 3.91. The molecule has 0 radical (unpaired) electrons. The van der Waals surface area contributed by atoms with Crippen LogP contribution >= 0.6 is 11.6 Å². The zero-order valence-electron chi connectivity index (χ0n) is 13.4. The zero-order chi connectivity index (χ0) is 16.9. The molecule has 126 valence electrons. The maximum atomic E-state index is 9.97. The van der Waals surface area contributed by atoms with Gasteiger partial charge in [-0.05, 0) is 24.1 Å². The Morgan fingerprint density at radius 2 is 2.21 bits per heavy atom. The van der Waals surface area contributed by atoms with E-state index in [0.717, 1.165) is 11.4 Å². The smallest absolute Gasteiger partial charge is 0.172 e. The third-order valence-electron chi connectivity index (χ3n) is 3.67. The fourth-order valence-electron chi connectivity index (χ4n) is 2.39. The van der Waals surface area contributed by atoms with E-state index in [9.17, 15) is 5.11 Å². The SMILES string of the molecule is CCC(O)Cn1nc(Cn2cncn2)nc1Cc1cccc(Cl)c1. The molecule has 3 rings (SSSR count). The molecule has 1 atom stereocenters. The number of hydrogen-bond acceptors (Lipinski definition) is 5. The monoisotopic (exact) mass is 346 g/mol. The molecule has 0 saturated heterocycles. The molecule has 0 fully saturated rings. The van der Waals surface area contributed by atoms with Crippen molar-refractivity contribution >= 4 is 11.6 Å². The minimum Gasteiger partial charge on any atom is -0.391 e. The number of halogens is 1. The van der Waals surface area contributed by atoms with Crippen LogP contribution in [0.15, 0.2) is 36.9 Å². The number of aromatic nitrogens is 6. The summed E-state index contributed by atoms with van der Waals surface area (Å²) in [5.41, 5.74) is 1.05. The summed E-state index contributed by atoms with van der Waals surface area (Å²) < 4.78 is 3.43. The van der Waals surface area contributed by atoms with Gasteiger partial charge in [-0.15, -0.1) is 0 Å². The summed E-state index contributed by atoms with van der Waals surface area (Å²) in [7, 11) is 0. The number of nitrogens with zero attached hydrogens (tertiary/aromatic N) is 6. The average Bonchev–Trinajstić information content (AvgIpc) is 3.18. The number of hydrogen-bond donors (Lipinski definition) is 1. The van der Waals surface area contributed by atoms with Gasteiger partial charge in [0, 0.05) is 11.4 Å². The van der Waals surface area contributed by atoms with E-state index in [1.165, 1.54) is 6.33 Å². The first kappa shape index (κ1) is 16.6. The first-order valence-electron chi connectivity index (χ1n) is 7.81. The Morgan fingerprint density at radius 1 is 1.33 bits per heavy atom. The lowest BCUT2D eigenvalue weighted by Crippen LogP contribution is -2.18. The molecule has 1 aromatic carbocycles. The highest BCUT2D eigenvalue weighted by Crippen LogP contribution is 2.15. The van der Waals surface area contributed by atoms with E-state index in [0.29, 0.717) is 36.8 Å². The molecule has 8 heteroatoms. The van der Waals surface area contributed by atoms with Crippen molar-refractivity contribution in [2.24, 2.45) is 0 Å². The summed E-state index contributed by atoms with van der Waals surface area (Å²) in [6.45, 7) is 2.79. The lowest BCUT2D eigenvalue weighted by molar-refractivity contribution is 0.143. The van der Waals surface area contributed by atoms with Gasteiger partial charge < -0.3 is 5.11 Å². The number of aliphatic hydroxyl groups is 1. The molecule has 0 aliphatic heterocycles. The van der Waals surface area contributed by atoms with E-state index in [4.69, 9.17) is 11.6 Å². The van der Waals surface area contributed by atoms with Crippen LogP contribution in [0.2, 0.25) is 5.02 Å². The summed E-state index contributed by atoms with van der Waals surface area (Å²) >= 11 is 6.06. The van der Waals surface area contributed by atoms with Crippen LogP contribution in [0.3, 0.4) is 0 Å². The van der Waals surface area contributed by atoms with Gasteiger partial charge >= 0.3 is 0 Å². The van der Waals surface area contributed by atoms with Crippen molar-refractivity contribution in [2.45, 2.75) is 39.0 Å². The lowest BCUT2D eigenvalue weighted by Gasteiger charge is -2.10. The largest absolute Gasteiger partial charge is 0.391 e. The van der Waals surface area contributed by atoms with Gasteiger partial charge in [-0.2, -0.15) is 10.2 Å². The molecule has 24 heavy (non-hydrogen) atoms. The number of benzene rings is 1. The van der Waals surface area contributed by atoms with E-state index in [-0.39, 0.29) is 0 Å². The van der Waals surface area contributed by atoms with E-state index < -0.39 is 6.10 Å². The Kier molecular flexibility index (Phi) is 5.22. The second-order valence-electron chi connectivity index (χ2n) is 5.59. The lowest BCUT2D eigenvalue weighted by atomic mass is 10.1. The van der Waals surface area contributed by atoms with Crippen LogP contribution in [-0.2, 0) is 19.5 Å². The van der Waals surface area contributed by atoms with E-state index in [2.05, 4.69) is 20.2 Å². The second-order valence-corrected chi connectivity index (χ2v) is 6.02. The molecule has 0 aliphatic rings. The molecule has 2 heterocycles. The van der Waals surface area contributed by atoms with Gasteiger partial charge in [-0.1, -0.05) is 30.7 Å². The highest BCUT2D eigenvalue weighted by molar-refractivity contribution is 6.30. The van der Waals surface area contributed by atoms with Crippen molar-refractivity contribution in [1.82, 2.24) is 29.5 Å². The fourth-order valence-corrected chi connectivity index (χ4v) is 2.60. The van der Waals surface area contributed by atoms with Crippen LogP contribution in [0, 0.1) is 0 Å².